The molecular formula is C4H4BCl2N. The van der Waals surface area contributed by atoms with Gasteiger partial charge in [-0.25, -0.2) is 0 Å². The number of hydrogen-bond donors (Lipinski definition) is 0. The third-order valence-electron chi connectivity index (χ3n) is 0.825. The highest BCUT2D eigenvalue weighted by atomic mass is 35.5. The van der Waals surface area contributed by atoms with Gasteiger partial charge in [0.15, 0.2) is 0 Å². The molecule has 1 aliphatic rings. The fraction of sp³-hybridized carbons (Fsp3) is 0. The fourth-order valence-electron chi connectivity index (χ4n) is 0.443. The largest absolute Gasteiger partial charge is 0.303 e. The molecule has 0 saturated heterocycles. The van der Waals surface area contributed by atoms with Gasteiger partial charge in [-0.05, 0) is 0 Å². The van der Waals surface area contributed by atoms with E-state index in [0.717, 1.165) is 0 Å². The lowest BCUT2D eigenvalue weighted by atomic mass is 9.76. The lowest BCUT2D eigenvalue weighted by Gasteiger charge is -2.06. The summed E-state index contributed by atoms with van der Waals surface area (Å²) in [4.78, 5) is 0. The van der Waals surface area contributed by atoms with E-state index in [4.69, 9.17) is 23.2 Å². The maximum Gasteiger partial charge on any atom is 0.303 e. The highest BCUT2D eigenvalue weighted by Crippen LogP contribution is 2.06. The molecule has 0 spiro atoms. The van der Waals surface area contributed by atoms with Crippen molar-refractivity contribution in [3.8, 4) is 0 Å². The Morgan fingerprint density at radius 3 is 2.12 bits per heavy atom. The Kier molecular flexibility index (Phi) is 1.87. The lowest BCUT2D eigenvalue weighted by Crippen LogP contribution is -2.05. The second-order valence-electron chi connectivity index (χ2n) is 1.47. The minimum atomic E-state index is 0.00463. The highest BCUT2D eigenvalue weighted by Gasteiger charge is 2.04. The molecule has 0 unspecified atom stereocenters. The minimum Gasteiger partial charge on any atom is -0.270 e. The predicted molar refractivity (Wildman–Crippen MR) is 37.6 cm³/mol. The van der Waals surface area contributed by atoms with E-state index in [1.165, 1.54) is 4.42 Å². The Hall–Kier alpha value is -0.0751. The van der Waals surface area contributed by atoms with Crippen molar-refractivity contribution in [2.24, 2.45) is 0 Å². The van der Waals surface area contributed by atoms with E-state index in [2.05, 4.69) is 0 Å². The van der Waals surface area contributed by atoms with Crippen molar-refractivity contribution in [3.05, 3.63) is 24.4 Å². The van der Waals surface area contributed by atoms with Gasteiger partial charge in [-0.15, -0.1) is 0 Å². The normalized spacial score (nSPS) is 17.8. The first-order valence-corrected chi connectivity index (χ1v) is 3.01. The maximum atomic E-state index is 5.62. The van der Waals surface area contributed by atoms with Gasteiger partial charge in [-0.2, -0.15) is 11.5 Å². The van der Waals surface area contributed by atoms with Gasteiger partial charge >= 0.3 is 6.13 Å². The van der Waals surface area contributed by atoms with Gasteiger partial charge in [0.2, 0.25) is 0 Å². The van der Waals surface area contributed by atoms with Crippen LogP contribution < -0.4 is 0 Å². The molecular weight excluding hydrogens is 144 g/mol. The summed E-state index contributed by atoms with van der Waals surface area (Å²) >= 11 is 11.1. The van der Waals surface area contributed by atoms with Crippen molar-refractivity contribution in [2.45, 2.75) is 0 Å². The Bertz CT molecular complexity index is 106. The molecule has 1 rings (SSSR count). The summed E-state index contributed by atoms with van der Waals surface area (Å²) in [5.74, 6) is 3.60. The van der Waals surface area contributed by atoms with Gasteiger partial charge in [0, 0.05) is 24.2 Å². The van der Waals surface area contributed by atoms with E-state index in [0.29, 0.717) is 0 Å². The molecule has 8 heavy (non-hydrogen) atoms. The van der Waals surface area contributed by atoms with E-state index in [9.17, 15) is 0 Å². The monoisotopic (exact) mass is 147 g/mol. The van der Waals surface area contributed by atoms with Gasteiger partial charge in [0.25, 0.3) is 0 Å². The average Bonchev–Trinajstić information content (AvgIpc) is 1.77. The molecule has 0 saturated carbocycles. The molecule has 0 atom stereocenters. The van der Waals surface area contributed by atoms with Gasteiger partial charge in [-0.3, -0.25) is 4.42 Å². The molecule has 0 bridgehead atoms. The van der Waals surface area contributed by atoms with Crippen LogP contribution in [-0.4, -0.2) is 10.5 Å². The molecule has 0 aromatic heterocycles. The first-order chi connectivity index (χ1) is 3.79. The summed E-state index contributed by atoms with van der Waals surface area (Å²) in [5, 5.41) is 0. The zero-order valence-corrected chi connectivity index (χ0v) is 5.60. The molecule has 0 N–H and O–H groups in total. The third kappa shape index (κ3) is 1.46. The molecule has 4 heteroatoms. The molecule has 0 fully saturated rings. The molecule has 0 amide bonds. The van der Waals surface area contributed by atoms with Crippen LogP contribution in [0.25, 0.3) is 0 Å². The Morgan fingerprint density at radius 2 is 1.75 bits per heavy atom. The maximum absolute atomic E-state index is 5.62. The Labute approximate surface area is 58.7 Å². The van der Waals surface area contributed by atoms with Crippen LogP contribution in [0, 0.1) is 0 Å². The van der Waals surface area contributed by atoms with E-state index in [-0.39, 0.29) is 6.13 Å². The first kappa shape index (κ1) is 6.05. The third-order valence-corrected chi connectivity index (χ3v) is 1.34. The predicted octanol–water partition coefficient (Wildman–Crippen LogP) is 1.79. The van der Waals surface area contributed by atoms with Crippen molar-refractivity contribution in [2.75, 3.05) is 0 Å². The van der Waals surface area contributed by atoms with Crippen LogP contribution in [0.15, 0.2) is 24.4 Å². The van der Waals surface area contributed by atoms with Crippen LogP contribution in [0.2, 0.25) is 0 Å². The van der Waals surface area contributed by atoms with Crippen molar-refractivity contribution >= 4 is 29.4 Å². The smallest absolute Gasteiger partial charge is 0.270 e. The Balaban J connectivity index is 2.54. The molecule has 0 aliphatic carbocycles. The summed E-state index contributed by atoms with van der Waals surface area (Å²) in [6, 6.07) is 0. The van der Waals surface area contributed by atoms with Gasteiger partial charge in [-0.1, -0.05) is 12.0 Å². The molecule has 0 aromatic carbocycles. The SMILES string of the molecule is ClB1C=CN(Cl)C=C1. The number of nitrogens with zero attached hydrogens (tertiary/aromatic N) is 1. The summed E-state index contributed by atoms with van der Waals surface area (Å²) in [5.41, 5.74) is 0. The molecule has 0 aromatic rings. The zero-order valence-electron chi connectivity index (χ0n) is 4.09. The van der Waals surface area contributed by atoms with Crippen LogP contribution in [0.4, 0.5) is 0 Å². The molecule has 1 heterocycles. The topological polar surface area (TPSA) is 3.24 Å². The summed E-state index contributed by atoms with van der Waals surface area (Å²) in [6.07, 6.45) is 3.42. The van der Waals surface area contributed by atoms with E-state index < -0.39 is 0 Å². The number of rotatable bonds is 0. The Morgan fingerprint density at radius 1 is 1.25 bits per heavy atom. The quantitative estimate of drug-likeness (QED) is 0.373. The molecule has 42 valence electrons. The van der Waals surface area contributed by atoms with Crippen LogP contribution in [0.3, 0.4) is 0 Å². The van der Waals surface area contributed by atoms with Crippen molar-refractivity contribution in [3.63, 3.8) is 0 Å². The van der Waals surface area contributed by atoms with Crippen LogP contribution in [-0.2, 0) is 0 Å². The summed E-state index contributed by atoms with van der Waals surface area (Å²) < 4.78 is 1.43. The van der Waals surface area contributed by atoms with E-state index >= 15 is 0 Å². The van der Waals surface area contributed by atoms with Gasteiger partial charge in [0.05, 0.1) is 0 Å². The lowest BCUT2D eigenvalue weighted by molar-refractivity contribution is 0.829. The van der Waals surface area contributed by atoms with Crippen molar-refractivity contribution in [1.82, 2.24) is 4.42 Å². The average molecular weight is 148 g/mol. The van der Waals surface area contributed by atoms with Crippen molar-refractivity contribution < 1.29 is 0 Å². The van der Waals surface area contributed by atoms with E-state index in [1.807, 2.05) is 0 Å². The van der Waals surface area contributed by atoms with Gasteiger partial charge < -0.3 is 0 Å². The van der Waals surface area contributed by atoms with Gasteiger partial charge in [0.1, 0.15) is 0 Å². The molecule has 0 radical (unpaired) electrons. The number of hydrogen-bond acceptors (Lipinski definition) is 1. The van der Waals surface area contributed by atoms with Crippen molar-refractivity contribution in [1.29, 1.82) is 0 Å². The first-order valence-electron chi connectivity index (χ1n) is 2.24. The zero-order chi connectivity index (χ0) is 5.98. The molecule has 1 nitrogen and oxygen atoms in total. The summed E-state index contributed by atoms with van der Waals surface area (Å²) in [7, 11) is 0. The molecule has 1 aliphatic heterocycles. The number of halogens is 2. The summed E-state index contributed by atoms with van der Waals surface area (Å²) in [6.45, 7) is 0. The van der Waals surface area contributed by atoms with E-state index in [1.54, 1.807) is 24.4 Å². The van der Waals surface area contributed by atoms with Crippen LogP contribution in [0.5, 0.6) is 0 Å². The van der Waals surface area contributed by atoms with Crippen LogP contribution >= 0.6 is 23.2 Å². The standard InChI is InChI=1S/C4H4BCl2N/c6-5-1-3-8(7)4-2-5/h1-4H. The second kappa shape index (κ2) is 2.47. The van der Waals surface area contributed by atoms with Crippen LogP contribution in [0.1, 0.15) is 0 Å². The fourth-order valence-corrected chi connectivity index (χ4v) is 0.703. The minimum absolute atomic E-state index is 0.00463. The highest BCUT2D eigenvalue weighted by molar-refractivity contribution is 7.12. The second-order valence-corrected chi connectivity index (χ2v) is 2.37.